The molecule has 1 atom stereocenters. The van der Waals surface area contributed by atoms with Crippen LogP contribution in [0.4, 0.5) is 0 Å². The van der Waals surface area contributed by atoms with Crippen molar-refractivity contribution in [2.24, 2.45) is 0 Å². The van der Waals surface area contributed by atoms with Crippen molar-refractivity contribution in [3.05, 3.63) is 48.0 Å². The minimum Gasteiger partial charge on any atom is -0.465 e. The van der Waals surface area contributed by atoms with E-state index in [4.69, 9.17) is 9.47 Å². The summed E-state index contributed by atoms with van der Waals surface area (Å²) >= 11 is 0. The highest BCUT2D eigenvalue weighted by Crippen LogP contribution is 2.09. The minimum atomic E-state index is -0.227. The predicted molar refractivity (Wildman–Crippen MR) is 84.0 cm³/mol. The summed E-state index contributed by atoms with van der Waals surface area (Å²) in [5.74, 6) is -0.227. The second kappa shape index (κ2) is 9.32. The molecule has 0 aliphatic rings. The van der Waals surface area contributed by atoms with E-state index in [0.717, 1.165) is 11.1 Å². The van der Waals surface area contributed by atoms with E-state index >= 15 is 0 Å². The zero-order chi connectivity index (χ0) is 15.7. The Morgan fingerprint density at radius 3 is 2.57 bits per heavy atom. The van der Waals surface area contributed by atoms with Crippen LogP contribution in [0.3, 0.4) is 0 Å². The fraction of sp³-hybridized carbons (Fsp3) is 0.471. The van der Waals surface area contributed by atoms with Gasteiger partial charge in [-0.05, 0) is 26.5 Å². The van der Waals surface area contributed by atoms with Gasteiger partial charge in [0.15, 0.2) is 0 Å². The fourth-order valence-corrected chi connectivity index (χ4v) is 2.03. The molecule has 4 heteroatoms. The third-order valence-electron chi connectivity index (χ3n) is 3.17. The van der Waals surface area contributed by atoms with Crippen molar-refractivity contribution < 1.29 is 14.3 Å². The maximum Gasteiger partial charge on any atom is 0.320 e. The topological polar surface area (TPSA) is 38.8 Å². The molecule has 0 N–H and O–H groups in total. The summed E-state index contributed by atoms with van der Waals surface area (Å²) in [6.07, 6.45) is 0. The molecule has 0 spiro atoms. The molecule has 1 aromatic carbocycles. The van der Waals surface area contributed by atoms with E-state index in [2.05, 4.69) is 6.58 Å². The van der Waals surface area contributed by atoms with Gasteiger partial charge in [0.1, 0.15) is 0 Å². The second-order valence-electron chi connectivity index (χ2n) is 5.08. The molecule has 1 aromatic rings. The van der Waals surface area contributed by atoms with Crippen LogP contribution in [0.2, 0.25) is 0 Å². The van der Waals surface area contributed by atoms with Gasteiger partial charge in [-0.3, -0.25) is 9.69 Å². The van der Waals surface area contributed by atoms with Crippen LogP contribution in [0.25, 0.3) is 0 Å². The molecule has 0 fully saturated rings. The smallest absolute Gasteiger partial charge is 0.320 e. The minimum absolute atomic E-state index is 0.00174. The molecule has 0 radical (unpaired) electrons. The number of rotatable bonds is 9. The van der Waals surface area contributed by atoms with Crippen LogP contribution in [0.1, 0.15) is 19.4 Å². The van der Waals surface area contributed by atoms with Gasteiger partial charge in [-0.1, -0.05) is 42.5 Å². The molecule has 0 aliphatic heterocycles. The molecular weight excluding hydrogens is 266 g/mol. The normalized spacial score (nSPS) is 12.2. The first-order valence-corrected chi connectivity index (χ1v) is 7.17. The first kappa shape index (κ1) is 17.4. The van der Waals surface area contributed by atoms with Crippen LogP contribution in [0.5, 0.6) is 0 Å². The monoisotopic (exact) mass is 291 g/mol. The SMILES string of the molecule is C=C(C)C(COCc1ccccc1)N(C)CC(=O)OCC. The van der Waals surface area contributed by atoms with Gasteiger partial charge in [0, 0.05) is 0 Å². The van der Waals surface area contributed by atoms with E-state index in [1.165, 1.54) is 0 Å². The summed E-state index contributed by atoms with van der Waals surface area (Å²) in [6, 6.07) is 10.0. The van der Waals surface area contributed by atoms with Gasteiger partial charge in [0.25, 0.3) is 0 Å². The third-order valence-corrected chi connectivity index (χ3v) is 3.17. The van der Waals surface area contributed by atoms with Gasteiger partial charge in [0.2, 0.25) is 0 Å². The van der Waals surface area contributed by atoms with Gasteiger partial charge in [0.05, 0.1) is 32.4 Å². The van der Waals surface area contributed by atoms with E-state index in [1.807, 2.05) is 49.2 Å². The number of carbonyl (C=O) groups excluding carboxylic acids is 1. The van der Waals surface area contributed by atoms with Gasteiger partial charge in [-0.25, -0.2) is 0 Å². The second-order valence-corrected chi connectivity index (χ2v) is 5.08. The van der Waals surface area contributed by atoms with Crippen molar-refractivity contribution in [2.75, 3.05) is 26.8 Å². The van der Waals surface area contributed by atoms with E-state index in [1.54, 1.807) is 6.92 Å². The Balaban J connectivity index is 2.46. The maximum absolute atomic E-state index is 11.5. The number of nitrogens with zero attached hydrogens (tertiary/aromatic N) is 1. The Labute approximate surface area is 127 Å². The molecule has 1 rings (SSSR count). The number of hydrogen-bond acceptors (Lipinski definition) is 4. The van der Waals surface area contributed by atoms with Crippen molar-refractivity contribution in [1.29, 1.82) is 0 Å². The van der Waals surface area contributed by atoms with Crippen molar-refractivity contribution in [3.8, 4) is 0 Å². The Kier molecular flexibility index (Phi) is 7.72. The maximum atomic E-state index is 11.5. The van der Waals surface area contributed by atoms with Gasteiger partial charge in [-0.2, -0.15) is 0 Å². The lowest BCUT2D eigenvalue weighted by atomic mass is 10.1. The molecular formula is C17H25NO3. The molecule has 116 valence electrons. The molecule has 4 nitrogen and oxygen atoms in total. The molecule has 0 aromatic heterocycles. The first-order chi connectivity index (χ1) is 10.0. The predicted octanol–water partition coefficient (Wildman–Crippen LogP) is 2.64. The van der Waals surface area contributed by atoms with Gasteiger partial charge >= 0.3 is 5.97 Å². The summed E-state index contributed by atoms with van der Waals surface area (Å²) in [7, 11) is 1.88. The number of ether oxygens (including phenoxy) is 2. The Morgan fingerprint density at radius 1 is 1.33 bits per heavy atom. The van der Waals surface area contributed by atoms with Crippen LogP contribution in [0, 0.1) is 0 Å². The van der Waals surface area contributed by atoms with Gasteiger partial charge < -0.3 is 9.47 Å². The zero-order valence-electron chi connectivity index (χ0n) is 13.2. The van der Waals surface area contributed by atoms with Crippen LogP contribution >= 0.6 is 0 Å². The van der Waals surface area contributed by atoms with Crippen molar-refractivity contribution in [3.63, 3.8) is 0 Å². The van der Waals surface area contributed by atoms with E-state index in [0.29, 0.717) is 19.8 Å². The molecule has 0 saturated heterocycles. The lowest BCUT2D eigenvalue weighted by Crippen LogP contribution is -2.40. The summed E-state index contributed by atoms with van der Waals surface area (Å²) in [5.41, 5.74) is 2.10. The number of esters is 1. The molecule has 0 bridgehead atoms. The van der Waals surface area contributed by atoms with E-state index in [9.17, 15) is 4.79 Å². The van der Waals surface area contributed by atoms with Crippen molar-refractivity contribution in [1.82, 2.24) is 4.90 Å². The quantitative estimate of drug-likeness (QED) is 0.518. The summed E-state index contributed by atoms with van der Waals surface area (Å²) in [4.78, 5) is 13.4. The largest absolute Gasteiger partial charge is 0.465 e. The summed E-state index contributed by atoms with van der Waals surface area (Å²) in [6.45, 7) is 9.41. The number of benzene rings is 1. The summed E-state index contributed by atoms with van der Waals surface area (Å²) in [5, 5.41) is 0. The molecule has 1 unspecified atom stereocenters. The number of hydrogen-bond donors (Lipinski definition) is 0. The lowest BCUT2D eigenvalue weighted by Gasteiger charge is -2.27. The Bertz CT molecular complexity index is 445. The number of carbonyl (C=O) groups is 1. The Hall–Kier alpha value is -1.65. The Morgan fingerprint density at radius 2 is 2.00 bits per heavy atom. The number of likely N-dealkylation sites (N-methyl/N-ethyl adjacent to an activating group) is 1. The molecule has 0 saturated carbocycles. The highest BCUT2D eigenvalue weighted by molar-refractivity contribution is 5.71. The zero-order valence-corrected chi connectivity index (χ0v) is 13.2. The average molecular weight is 291 g/mol. The van der Waals surface area contributed by atoms with Crippen molar-refractivity contribution >= 4 is 5.97 Å². The van der Waals surface area contributed by atoms with Gasteiger partial charge in [-0.15, -0.1) is 0 Å². The van der Waals surface area contributed by atoms with Crippen molar-refractivity contribution in [2.45, 2.75) is 26.5 Å². The van der Waals surface area contributed by atoms with Crippen LogP contribution in [-0.4, -0.2) is 43.7 Å². The first-order valence-electron chi connectivity index (χ1n) is 7.17. The third kappa shape index (κ3) is 6.56. The van der Waals surface area contributed by atoms with Crippen LogP contribution < -0.4 is 0 Å². The van der Waals surface area contributed by atoms with Crippen LogP contribution in [0.15, 0.2) is 42.5 Å². The lowest BCUT2D eigenvalue weighted by molar-refractivity contribution is -0.144. The van der Waals surface area contributed by atoms with E-state index in [-0.39, 0.29) is 18.6 Å². The highest BCUT2D eigenvalue weighted by atomic mass is 16.5. The molecule has 0 aliphatic carbocycles. The molecule has 0 amide bonds. The summed E-state index contributed by atoms with van der Waals surface area (Å²) < 4.78 is 10.7. The fourth-order valence-electron chi connectivity index (χ4n) is 2.03. The average Bonchev–Trinajstić information content (AvgIpc) is 2.44. The molecule has 0 heterocycles. The highest BCUT2D eigenvalue weighted by Gasteiger charge is 2.19. The standard InChI is InChI=1S/C17H25NO3/c1-5-21-17(19)11-18(4)16(14(2)3)13-20-12-15-9-7-6-8-10-15/h6-10,16H,2,5,11-13H2,1,3-4H3. The molecule has 21 heavy (non-hydrogen) atoms. The van der Waals surface area contributed by atoms with Crippen LogP contribution in [-0.2, 0) is 20.9 Å². The van der Waals surface area contributed by atoms with E-state index < -0.39 is 0 Å².